The fraction of sp³-hybridized carbons (Fsp3) is 0.724. The first kappa shape index (κ1) is 38.7. The molecule has 2 rings (SSSR count). The normalized spacial score (nSPS) is 19.3. The number of anilines is 1. The molecule has 17 heteroatoms. The van der Waals surface area contributed by atoms with Crippen LogP contribution in [0.5, 0.6) is 11.8 Å². The third kappa shape index (κ3) is 10.5. The second-order valence-corrected chi connectivity index (χ2v) is 13.1. The van der Waals surface area contributed by atoms with E-state index in [1.54, 1.807) is 0 Å². The molecule has 0 saturated carbocycles. The predicted octanol–water partition coefficient (Wildman–Crippen LogP) is -2.39. The fourth-order valence-electron chi connectivity index (χ4n) is 5.93. The van der Waals surface area contributed by atoms with Gasteiger partial charge in [-0.25, -0.2) is 0 Å². The third-order valence-electron chi connectivity index (χ3n) is 7.84. The Morgan fingerprint density at radius 1 is 0.978 bits per heavy atom. The number of likely N-dealkylation sites (N-methyl/N-ethyl adjacent to an activating group) is 2. The minimum atomic E-state index is -1.87. The summed E-state index contributed by atoms with van der Waals surface area (Å²) in [5.74, 6) is -3.84. The quantitative estimate of drug-likeness (QED) is 0.0943. The Morgan fingerprint density at radius 3 is 2.09 bits per heavy atom. The van der Waals surface area contributed by atoms with E-state index in [0.29, 0.717) is 12.8 Å². The lowest BCUT2D eigenvalue weighted by Gasteiger charge is -2.46. The van der Waals surface area contributed by atoms with Crippen LogP contribution < -0.4 is 21.3 Å². The molecule has 2 heterocycles. The number of piperidine rings is 1. The molecule has 1 aromatic heterocycles. The highest BCUT2D eigenvalue weighted by Gasteiger charge is 2.39. The van der Waals surface area contributed by atoms with Gasteiger partial charge in [0, 0.05) is 56.7 Å². The van der Waals surface area contributed by atoms with Crippen molar-refractivity contribution in [1.82, 2.24) is 25.4 Å². The van der Waals surface area contributed by atoms with E-state index in [1.165, 1.54) is 14.1 Å². The van der Waals surface area contributed by atoms with Crippen LogP contribution in [0.25, 0.3) is 0 Å². The summed E-state index contributed by atoms with van der Waals surface area (Å²) in [7, 11) is 2.61. The highest BCUT2D eigenvalue weighted by molar-refractivity contribution is 5.95. The van der Waals surface area contributed by atoms with Crippen molar-refractivity contribution in [2.45, 2.75) is 107 Å². The van der Waals surface area contributed by atoms with E-state index < -0.39 is 91.8 Å². The summed E-state index contributed by atoms with van der Waals surface area (Å²) >= 11 is 0. The highest BCUT2D eigenvalue weighted by atomic mass is 16.4. The van der Waals surface area contributed by atoms with Crippen LogP contribution in [0.15, 0.2) is 6.07 Å². The van der Waals surface area contributed by atoms with Gasteiger partial charge < -0.3 is 61.9 Å². The maximum absolute atomic E-state index is 13.1. The molecule has 0 bridgehead atoms. The number of aromatic hydroxyl groups is 2. The SMILES string of the molecule is CNC(=O)C(CC(=O)NC1CC(C)(C)NC(C)(C)C1)n1c(O)cc(NC(=O)CCC(=O)N(C)CC(O)C(O)C(O)C(O)CO)c1O. The fourth-order valence-corrected chi connectivity index (χ4v) is 5.93. The van der Waals surface area contributed by atoms with Crippen LogP contribution in [-0.2, 0) is 19.2 Å². The standard InChI is InChI=1S/C29H50N6O11/c1-28(2)11-15(12-29(3,4)33-28)31-21(40)10-17(26(45)30-5)35-23(42)9-16(27(35)46)32-20(39)7-8-22(41)34(6)13-18(37)24(43)25(44)19(38)14-36/h9,15,17-19,24-25,33,36-38,42-44,46H,7-8,10-14H2,1-6H3,(H,30,45)(H,31,40)(H,32,39). The molecule has 0 aliphatic carbocycles. The summed E-state index contributed by atoms with van der Waals surface area (Å²) in [5.41, 5.74) is -0.764. The average Bonchev–Trinajstić information content (AvgIpc) is 3.22. The smallest absolute Gasteiger partial charge is 0.243 e. The van der Waals surface area contributed by atoms with E-state index in [9.17, 15) is 49.8 Å². The molecule has 5 unspecified atom stereocenters. The first-order valence-electron chi connectivity index (χ1n) is 15.0. The maximum Gasteiger partial charge on any atom is 0.243 e. The Labute approximate surface area is 267 Å². The van der Waals surface area contributed by atoms with Gasteiger partial charge in [0.15, 0.2) is 5.88 Å². The predicted molar refractivity (Wildman–Crippen MR) is 165 cm³/mol. The maximum atomic E-state index is 13.1. The molecule has 46 heavy (non-hydrogen) atoms. The van der Waals surface area contributed by atoms with Gasteiger partial charge in [-0.05, 0) is 40.5 Å². The summed E-state index contributed by atoms with van der Waals surface area (Å²) in [4.78, 5) is 51.9. The first-order chi connectivity index (χ1) is 21.2. The number of nitrogens with one attached hydrogen (secondary N) is 4. The minimum Gasteiger partial charge on any atom is -0.494 e. The lowest BCUT2D eigenvalue weighted by atomic mass is 9.79. The van der Waals surface area contributed by atoms with Crippen LogP contribution in [0.2, 0.25) is 0 Å². The van der Waals surface area contributed by atoms with Crippen LogP contribution in [0, 0.1) is 0 Å². The van der Waals surface area contributed by atoms with Gasteiger partial charge in [-0.3, -0.25) is 23.7 Å². The summed E-state index contributed by atoms with van der Waals surface area (Å²) in [5, 5.41) is 80.7. The van der Waals surface area contributed by atoms with Crippen LogP contribution in [0.4, 0.5) is 5.69 Å². The second-order valence-electron chi connectivity index (χ2n) is 13.1. The molecule has 1 aliphatic rings. The zero-order valence-corrected chi connectivity index (χ0v) is 27.1. The number of hydrogen-bond donors (Lipinski definition) is 11. The zero-order valence-electron chi connectivity index (χ0n) is 27.1. The van der Waals surface area contributed by atoms with Crippen molar-refractivity contribution >= 4 is 29.3 Å². The van der Waals surface area contributed by atoms with E-state index in [1.807, 2.05) is 27.7 Å². The monoisotopic (exact) mass is 658 g/mol. The summed E-state index contributed by atoms with van der Waals surface area (Å²) in [6.45, 7) is 6.78. The lowest BCUT2D eigenvalue weighted by molar-refractivity contribution is -0.138. The summed E-state index contributed by atoms with van der Waals surface area (Å²) in [6, 6.07) is -0.560. The zero-order chi connectivity index (χ0) is 35.1. The van der Waals surface area contributed by atoms with Gasteiger partial charge in [0.25, 0.3) is 0 Å². The van der Waals surface area contributed by atoms with Crippen LogP contribution in [-0.4, -0.2) is 138 Å². The van der Waals surface area contributed by atoms with Gasteiger partial charge in [-0.15, -0.1) is 0 Å². The van der Waals surface area contributed by atoms with Crippen molar-refractivity contribution in [2.75, 3.05) is 32.6 Å². The van der Waals surface area contributed by atoms with Crippen molar-refractivity contribution in [3.05, 3.63) is 6.07 Å². The molecule has 0 radical (unpaired) electrons. The molecule has 5 atom stereocenters. The number of hydrogen-bond acceptors (Lipinski definition) is 12. The van der Waals surface area contributed by atoms with Crippen molar-refractivity contribution in [2.24, 2.45) is 0 Å². The molecule has 4 amide bonds. The van der Waals surface area contributed by atoms with Gasteiger partial charge in [-0.2, -0.15) is 0 Å². The number of aromatic nitrogens is 1. The number of nitrogens with zero attached hydrogens (tertiary/aromatic N) is 2. The molecule has 1 aromatic rings. The Kier molecular flexibility index (Phi) is 13.4. The molecule has 0 spiro atoms. The van der Waals surface area contributed by atoms with Gasteiger partial charge in [0.05, 0.1) is 13.0 Å². The molecular formula is C29H50N6O11. The van der Waals surface area contributed by atoms with E-state index in [-0.39, 0.29) is 29.2 Å². The molecule has 262 valence electrons. The number of aliphatic hydroxyl groups excluding tert-OH is 5. The second kappa shape index (κ2) is 15.9. The number of amides is 4. The Hall–Kier alpha value is -3.48. The Bertz CT molecular complexity index is 1220. The number of carbonyl (C=O) groups excluding carboxylic acids is 4. The molecular weight excluding hydrogens is 608 g/mol. The van der Waals surface area contributed by atoms with E-state index in [2.05, 4.69) is 21.3 Å². The molecule has 1 saturated heterocycles. The first-order valence-corrected chi connectivity index (χ1v) is 15.0. The molecule has 1 fully saturated rings. The van der Waals surface area contributed by atoms with E-state index in [0.717, 1.165) is 15.5 Å². The van der Waals surface area contributed by atoms with Gasteiger partial charge in [-0.1, -0.05) is 0 Å². The van der Waals surface area contributed by atoms with Crippen LogP contribution in [0.1, 0.15) is 65.8 Å². The van der Waals surface area contributed by atoms with Crippen molar-refractivity contribution in [3.63, 3.8) is 0 Å². The number of aliphatic hydroxyl groups is 5. The van der Waals surface area contributed by atoms with Gasteiger partial charge in [0.1, 0.15) is 36.1 Å². The van der Waals surface area contributed by atoms with E-state index >= 15 is 0 Å². The molecule has 0 aromatic carbocycles. The highest BCUT2D eigenvalue weighted by Crippen LogP contribution is 2.37. The van der Waals surface area contributed by atoms with Gasteiger partial charge in [0.2, 0.25) is 29.5 Å². The number of carbonyl (C=O) groups is 4. The lowest BCUT2D eigenvalue weighted by Crippen LogP contribution is -2.62. The Balaban J connectivity index is 2.04. The van der Waals surface area contributed by atoms with E-state index in [4.69, 9.17) is 5.11 Å². The largest absolute Gasteiger partial charge is 0.494 e. The summed E-state index contributed by atoms with van der Waals surface area (Å²) < 4.78 is 0.818. The average molecular weight is 659 g/mol. The van der Waals surface area contributed by atoms with Crippen LogP contribution in [0.3, 0.4) is 0 Å². The topological polar surface area (TPSA) is 266 Å². The molecule has 1 aliphatic heterocycles. The van der Waals surface area contributed by atoms with Crippen LogP contribution >= 0.6 is 0 Å². The Morgan fingerprint density at radius 2 is 1.54 bits per heavy atom. The molecule has 17 nitrogen and oxygen atoms in total. The molecule has 11 N–H and O–H groups in total. The van der Waals surface area contributed by atoms with Crippen molar-refractivity contribution in [1.29, 1.82) is 0 Å². The number of rotatable bonds is 15. The summed E-state index contributed by atoms with van der Waals surface area (Å²) in [6.07, 6.45) is -7.02. The third-order valence-corrected chi connectivity index (χ3v) is 7.84. The van der Waals surface area contributed by atoms with Gasteiger partial charge >= 0.3 is 0 Å². The minimum absolute atomic E-state index is 0.188. The van der Waals surface area contributed by atoms with Crippen molar-refractivity contribution < 1.29 is 54.9 Å². The van der Waals surface area contributed by atoms with Crippen molar-refractivity contribution in [3.8, 4) is 11.8 Å².